The Morgan fingerprint density at radius 2 is 1.97 bits per heavy atom. The molecule has 0 bridgehead atoms. The van der Waals surface area contributed by atoms with Crippen LogP contribution in [0.5, 0.6) is 0 Å². The molecule has 14 nitrogen and oxygen atoms in total. The fourth-order valence-corrected chi connectivity index (χ4v) is 3.61. The van der Waals surface area contributed by atoms with E-state index in [0.717, 1.165) is 0 Å². The SMILES string of the molecule is CC(O)C(N)C(=O)N1CCCC1C(=O)NC(CCC(N)=O)C(=O)NC(Cc1cnc[nH]1)C(=O)O. The smallest absolute Gasteiger partial charge is 0.326 e. The van der Waals surface area contributed by atoms with E-state index < -0.39 is 59.9 Å². The molecule has 5 unspecified atom stereocenters. The zero-order valence-corrected chi connectivity index (χ0v) is 18.8. The number of hydrogen-bond donors (Lipinski definition) is 7. The van der Waals surface area contributed by atoms with Gasteiger partial charge < -0.3 is 42.2 Å². The number of amides is 4. The third-order valence-corrected chi connectivity index (χ3v) is 5.55. The van der Waals surface area contributed by atoms with E-state index in [4.69, 9.17) is 11.5 Å². The highest BCUT2D eigenvalue weighted by atomic mass is 16.4. The van der Waals surface area contributed by atoms with Crippen LogP contribution in [0.1, 0.15) is 38.3 Å². The number of aromatic amines is 1. The summed E-state index contributed by atoms with van der Waals surface area (Å²) in [7, 11) is 0. The third kappa shape index (κ3) is 7.25. The first-order valence-electron chi connectivity index (χ1n) is 10.8. The van der Waals surface area contributed by atoms with Crippen LogP contribution in [0.15, 0.2) is 12.5 Å². The highest BCUT2D eigenvalue weighted by Gasteiger charge is 2.38. The normalized spacial score (nSPS) is 19.0. The molecule has 0 radical (unpaired) electrons. The molecule has 9 N–H and O–H groups in total. The van der Waals surface area contributed by atoms with Crippen LogP contribution in [-0.4, -0.2) is 91.5 Å². The molecule has 0 saturated carbocycles. The van der Waals surface area contributed by atoms with Crippen LogP contribution >= 0.6 is 0 Å². The molecule has 0 spiro atoms. The Kier molecular flexibility index (Phi) is 9.50. The molecule has 0 aliphatic carbocycles. The Balaban J connectivity index is 2.12. The van der Waals surface area contributed by atoms with Gasteiger partial charge in [-0.3, -0.25) is 19.2 Å². The van der Waals surface area contributed by atoms with Crippen molar-refractivity contribution in [1.29, 1.82) is 0 Å². The van der Waals surface area contributed by atoms with E-state index in [0.29, 0.717) is 18.5 Å². The Labute approximate surface area is 195 Å². The first-order valence-corrected chi connectivity index (χ1v) is 10.8. The Hall–Kier alpha value is -3.52. The molecule has 2 rings (SSSR count). The summed E-state index contributed by atoms with van der Waals surface area (Å²) in [5, 5.41) is 24.0. The van der Waals surface area contributed by atoms with E-state index in [2.05, 4.69) is 20.6 Å². The monoisotopic (exact) mass is 481 g/mol. The molecular formula is C20H31N7O7. The van der Waals surface area contributed by atoms with E-state index in [1.54, 1.807) is 0 Å². The molecular weight excluding hydrogens is 450 g/mol. The second-order valence-electron chi connectivity index (χ2n) is 8.20. The van der Waals surface area contributed by atoms with Crippen molar-refractivity contribution in [2.75, 3.05) is 6.54 Å². The first-order chi connectivity index (χ1) is 16.0. The van der Waals surface area contributed by atoms with Crippen LogP contribution in [0.3, 0.4) is 0 Å². The van der Waals surface area contributed by atoms with Gasteiger partial charge in [0.15, 0.2) is 0 Å². The zero-order valence-electron chi connectivity index (χ0n) is 18.8. The second-order valence-corrected chi connectivity index (χ2v) is 8.20. The van der Waals surface area contributed by atoms with Crippen molar-refractivity contribution in [2.24, 2.45) is 11.5 Å². The van der Waals surface area contributed by atoms with Crippen molar-refractivity contribution in [2.45, 2.75) is 69.3 Å². The number of nitrogens with one attached hydrogen (secondary N) is 3. The van der Waals surface area contributed by atoms with Crippen LogP contribution < -0.4 is 22.1 Å². The predicted octanol–water partition coefficient (Wildman–Crippen LogP) is -3.03. The summed E-state index contributed by atoms with van der Waals surface area (Å²) in [5.74, 6) is -4.09. The van der Waals surface area contributed by atoms with Gasteiger partial charge in [-0.2, -0.15) is 0 Å². The molecule has 1 aliphatic rings. The van der Waals surface area contributed by atoms with E-state index in [-0.39, 0.29) is 25.8 Å². The summed E-state index contributed by atoms with van der Waals surface area (Å²) in [6, 6.07) is -4.73. The molecule has 1 aliphatic heterocycles. The molecule has 2 heterocycles. The number of hydrogen-bond acceptors (Lipinski definition) is 8. The van der Waals surface area contributed by atoms with Gasteiger partial charge in [0.05, 0.1) is 12.4 Å². The Morgan fingerprint density at radius 3 is 2.53 bits per heavy atom. The quantitative estimate of drug-likeness (QED) is 0.161. The number of aromatic nitrogens is 2. The number of nitrogens with two attached hydrogens (primary N) is 2. The standard InChI is InChI=1S/C20H31N7O7/c1-10(28)16(22)19(32)27-6-2-3-14(27)18(31)25-12(4-5-15(21)29)17(30)26-13(20(33)34)7-11-8-23-9-24-11/h8-10,12-14,16,28H,2-7,22H2,1H3,(H2,21,29)(H,23,24)(H,25,31)(H,26,30)(H,33,34). The number of H-pyrrole nitrogens is 1. The molecule has 188 valence electrons. The fraction of sp³-hybridized carbons (Fsp3) is 0.600. The van der Waals surface area contributed by atoms with Crippen molar-refractivity contribution in [1.82, 2.24) is 25.5 Å². The molecule has 0 aromatic carbocycles. The minimum absolute atomic E-state index is 0.0836. The van der Waals surface area contributed by atoms with Gasteiger partial charge in [0.25, 0.3) is 0 Å². The maximum absolute atomic E-state index is 13.0. The van der Waals surface area contributed by atoms with Crippen LogP contribution in [-0.2, 0) is 30.4 Å². The number of carbonyl (C=O) groups is 5. The number of likely N-dealkylation sites (tertiary alicyclic amines) is 1. The maximum Gasteiger partial charge on any atom is 0.326 e. The number of imidazole rings is 1. The van der Waals surface area contributed by atoms with E-state index in [1.165, 1.54) is 24.3 Å². The topological polar surface area (TPSA) is 234 Å². The van der Waals surface area contributed by atoms with Gasteiger partial charge in [-0.25, -0.2) is 9.78 Å². The second kappa shape index (κ2) is 12.1. The van der Waals surface area contributed by atoms with Crippen molar-refractivity contribution in [3.63, 3.8) is 0 Å². The van der Waals surface area contributed by atoms with Gasteiger partial charge in [0, 0.05) is 31.3 Å². The summed E-state index contributed by atoms with van der Waals surface area (Å²) in [5.41, 5.74) is 11.4. The minimum Gasteiger partial charge on any atom is -0.480 e. The lowest BCUT2D eigenvalue weighted by molar-refractivity contribution is -0.143. The van der Waals surface area contributed by atoms with E-state index >= 15 is 0 Å². The summed E-state index contributed by atoms with van der Waals surface area (Å²) in [6.07, 6.45) is 2.00. The highest BCUT2D eigenvalue weighted by molar-refractivity contribution is 5.94. The van der Waals surface area contributed by atoms with Crippen molar-refractivity contribution < 1.29 is 34.2 Å². The molecule has 14 heteroatoms. The summed E-state index contributed by atoms with van der Waals surface area (Å²) in [4.78, 5) is 69.1. The number of carbonyl (C=O) groups excluding carboxylic acids is 4. The average Bonchev–Trinajstić information content (AvgIpc) is 3.46. The van der Waals surface area contributed by atoms with E-state index in [1.807, 2.05) is 0 Å². The number of carboxylic acids is 1. The number of aliphatic hydroxyl groups is 1. The highest BCUT2D eigenvalue weighted by Crippen LogP contribution is 2.19. The number of carboxylic acid groups (broad SMARTS) is 1. The van der Waals surface area contributed by atoms with Gasteiger partial charge >= 0.3 is 5.97 Å². The zero-order chi connectivity index (χ0) is 25.4. The lowest BCUT2D eigenvalue weighted by Crippen LogP contribution is -2.57. The molecule has 4 amide bonds. The summed E-state index contributed by atoms with van der Waals surface area (Å²) in [6.45, 7) is 1.61. The van der Waals surface area contributed by atoms with Crippen molar-refractivity contribution in [3.8, 4) is 0 Å². The van der Waals surface area contributed by atoms with Crippen molar-refractivity contribution in [3.05, 3.63) is 18.2 Å². The van der Waals surface area contributed by atoms with Gasteiger partial charge in [-0.05, 0) is 26.2 Å². The van der Waals surface area contributed by atoms with Gasteiger partial charge in [-0.1, -0.05) is 0 Å². The summed E-state index contributed by atoms with van der Waals surface area (Å²) < 4.78 is 0. The largest absolute Gasteiger partial charge is 0.480 e. The minimum atomic E-state index is -1.32. The summed E-state index contributed by atoms with van der Waals surface area (Å²) >= 11 is 0. The molecule has 1 fully saturated rings. The van der Waals surface area contributed by atoms with Crippen LogP contribution in [0.25, 0.3) is 0 Å². The number of nitrogens with zero attached hydrogens (tertiary/aromatic N) is 2. The fourth-order valence-electron chi connectivity index (χ4n) is 3.61. The van der Waals surface area contributed by atoms with E-state index in [9.17, 15) is 34.2 Å². The Morgan fingerprint density at radius 1 is 1.26 bits per heavy atom. The van der Waals surface area contributed by atoms with Gasteiger partial charge in [-0.15, -0.1) is 0 Å². The number of aliphatic hydroxyl groups excluding tert-OH is 1. The number of primary amides is 1. The average molecular weight is 482 g/mol. The molecule has 34 heavy (non-hydrogen) atoms. The van der Waals surface area contributed by atoms with Gasteiger partial charge in [0.2, 0.25) is 23.6 Å². The molecule has 1 aromatic rings. The van der Waals surface area contributed by atoms with Crippen LogP contribution in [0.2, 0.25) is 0 Å². The lowest BCUT2D eigenvalue weighted by atomic mass is 10.1. The van der Waals surface area contributed by atoms with Crippen LogP contribution in [0.4, 0.5) is 0 Å². The predicted molar refractivity (Wildman–Crippen MR) is 117 cm³/mol. The molecule has 5 atom stereocenters. The maximum atomic E-state index is 13.0. The Bertz CT molecular complexity index is 890. The molecule has 1 aromatic heterocycles. The van der Waals surface area contributed by atoms with Gasteiger partial charge in [0.1, 0.15) is 24.2 Å². The van der Waals surface area contributed by atoms with Crippen LogP contribution in [0, 0.1) is 0 Å². The lowest BCUT2D eigenvalue weighted by Gasteiger charge is -2.29. The number of rotatable bonds is 12. The number of aliphatic carboxylic acids is 1. The third-order valence-electron chi connectivity index (χ3n) is 5.55. The first kappa shape index (κ1) is 26.7. The molecule has 1 saturated heterocycles. The van der Waals surface area contributed by atoms with Crippen molar-refractivity contribution >= 4 is 29.6 Å².